The van der Waals surface area contributed by atoms with Crippen molar-refractivity contribution >= 4 is 11.6 Å². The third-order valence-electron chi connectivity index (χ3n) is 2.53. The van der Waals surface area contributed by atoms with Crippen molar-refractivity contribution < 1.29 is 0 Å². The van der Waals surface area contributed by atoms with E-state index in [2.05, 4.69) is 23.1 Å². The largest absolute Gasteiger partial charge is 0.255 e. The zero-order chi connectivity index (χ0) is 12.3. The lowest BCUT2D eigenvalue weighted by atomic mass is 10.1. The zero-order valence-electron chi connectivity index (χ0n) is 9.85. The molecule has 0 radical (unpaired) electrons. The Morgan fingerprint density at radius 3 is 2.41 bits per heavy atom. The van der Waals surface area contributed by atoms with Gasteiger partial charge in [0.05, 0.1) is 11.4 Å². The summed E-state index contributed by atoms with van der Waals surface area (Å²) in [5.74, 6) is 0. The Kier molecular flexibility index (Phi) is 3.15. The topological polar surface area (TPSA) is 25.8 Å². The summed E-state index contributed by atoms with van der Waals surface area (Å²) in [6, 6.07) is 7.83. The van der Waals surface area contributed by atoms with Gasteiger partial charge >= 0.3 is 0 Å². The molecule has 0 saturated carbocycles. The predicted molar refractivity (Wildman–Crippen MR) is 72.3 cm³/mol. The quantitative estimate of drug-likeness (QED) is 0.789. The van der Waals surface area contributed by atoms with Crippen LogP contribution in [0.2, 0.25) is 0 Å². The Bertz CT molecular complexity index is 571. The number of nitrogens with zero attached hydrogens (tertiary/aromatic N) is 2. The highest BCUT2D eigenvalue weighted by Crippen LogP contribution is 2.20. The number of hydrogen-bond donors (Lipinski definition) is 0. The second kappa shape index (κ2) is 4.74. The van der Waals surface area contributed by atoms with Gasteiger partial charge in [-0.1, -0.05) is 24.8 Å². The standard InChI is InChI=1S/C15H14N2/c1-4-12-5-7-16-14(9-12)15-10-13(11(2)3)6-8-17-15/h4-10H,1-2H2,3H3. The first-order valence-corrected chi connectivity index (χ1v) is 5.41. The van der Waals surface area contributed by atoms with E-state index in [-0.39, 0.29) is 0 Å². The van der Waals surface area contributed by atoms with E-state index in [0.717, 1.165) is 28.1 Å². The van der Waals surface area contributed by atoms with Crippen LogP contribution in [0, 0.1) is 0 Å². The first kappa shape index (κ1) is 11.3. The van der Waals surface area contributed by atoms with E-state index in [0.29, 0.717) is 0 Å². The lowest BCUT2D eigenvalue weighted by Gasteiger charge is -2.04. The van der Waals surface area contributed by atoms with Crippen LogP contribution in [0.1, 0.15) is 18.1 Å². The maximum Gasteiger partial charge on any atom is 0.0892 e. The van der Waals surface area contributed by atoms with E-state index >= 15 is 0 Å². The first-order valence-electron chi connectivity index (χ1n) is 5.41. The molecule has 0 bridgehead atoms. The van der Waals surface area contributed by atoms with Crippen LogP contribution in [-0.4, -0.2) is 9.97 Å². The van der Waals surface area contributed by atoms with Gasteiger partial charge in [0.2, 0.25) is 0 Å². The SMILES string of the molecule is C=Cc1ccnc(-c2cc(C(=C)C)ccn2)c1. The van der Waals surface area contributed by atoms with Crippen LogP contribution < -0.4 is 0 Å². The van der Waals surface area contributed by atoms with Gasteiger partial charge in [0.1, 0.15) is 0 Å². The molecule has 0 unspecified atom stereocenters. The average molecular weight is 222 g/mol. The minimum absolute atomic E-state index is 0.852. The van der Waals surface area contributed by atoms with E-state index in [4.69, 9.17) is 0 Å². The molecule has 2 rings (SSSR count). The molecule has 0 spiro atoms. The fourth-order valence-corrected chi connectivity index (χ4v) is 1.55. The summed E-state index contributed by atoms with van der Waals surface area (Å²) < 4.78 is 0. The second-order valence-corrected chi connectivity index (χ2v) is 3.89. The van der Waals surface area contributed by atoms with Crippen LogP contribution >= 0.6 is 0 Å². The highest BCUT2D eigenvalue weighted by molar-refractivity contribution is 5.67. The molecule has 0 aromatic carbocycles. The van der Waals surface area contributed by atoms with Crippen molar-refractivity contribution in [3.8, 4) is 11.4 Å². The summed E-state index contributed by atoms with van der Waals surface area (Å²) in [6.07, 6.45) is 5.34. The molecule has 0 atom stereocenters. The van der Waals surface area contributed by atoms with Crippen molar-refractivity contribution in [1.82, 2.24) is 9.97 Å². The minimum atomic E-state index is 0.852. The molecule has 2 aromatic heterocycles. The highest BCUT2D eigenvalue weighted by atomic mass is 14.8. The zero-order valence-corrected chi connectivity index (χ0v) is 9.85. The van der Waals surface area contributed by atoms with E-state index in [1.807, 2.05) is 31.2 Å². The molecule has 0 amide bonds. The summed E-state index contributed by atoms with van der Waals surface area (Å²) in [4.78, 5) is 8.65. The molecule has 2 heterocycles. The van der Waals surface area contributed by atoms with Gasteiger partial charge in [0, 0.05) is 12.4 Å². The number of pyridine rings is 2. The summed E-state index contributed by atoms with van der Waals surface area (Å²) >= 11 is 0. The van der Waals surface area contributed by atoms with Gasteiger partial charge in [-0.25, -0.2) is 0 Å². The van der Waals surface area contributed by atoms with Crippen molar-refractivity contribution in [3.63, 3.8) is 0 Å². The lowest BCUT2D eigenvalue weighted by Crippen LogP contribution is -1.89. The Balaban J connectivity index is 2.48. The Morgan fingerprint density at radius 1 is 1.12 bits per heavy atom. The fourth-order valence-electron chi connectivity index (χ4n) is 1.55. The molecular weight excluding hydrogens is 208 g/mol. The first-order chi connectivity index (χ1) is 8.20. The van der Waals surface area contributed by atoms with Crippen molar-refractivity contribution in [2.24, 2.45) is 0 Å². The van der Waals surface area contributed by atoms with Crippen LogP contribution in [-0.2, 0) is 0 Å². The van der Waals surface area contributed by atoms with Gasteiger partial charge in [0.25, 0.3) is 0 Å². The van der Waals surface area contributed by atoms with Gasteiger partial charge in [0.15, 0.2) is 0 Å². The van der Waals surface area contributed by atoms with Crippen LogP contribution in [0.3, 0.4) is 0 Å². The monoisotopic (exact) mass is 222 g/mol. The molecule has 0 aliphatic rings. The van der Waals surface area contributed by atoms with Crippen molar-refractivity contribution in [2.45, 2.75) is 6.92 Å². The molecule has 2 aromatic rings. The number of allylic oxidation sites excluding steroid dienone is 1. The Labute approximate surface area is 101 Å². The predicted octanol–water partition coefficient (Wildman–Crippen LogP) is 3.82. The summed E-state index contributed by atoms with van der Waals surface area (Å²) in [6.45, 7) is 9.66. The van der Waals surface area contributed by atoms with E-state index < -0.39 is 0 Å². The number of rotatable bonds is 3. The van der Waals surface area contributed by atoms with Crippen LogP contribution in [0.15, 0.2) is 49.8 Å². The maximum absolute atomic E-state index is 4.33. The van der Waals surface area contributed by atoms with Crippen LogP contribution in [0.4, 0.5) is 0 Å². The lowest BCUT2D eigenvalue weighted by molar-refractivity contribution is 1.24. The normalized spacial score (nSPS) is 9.94. The smallest absolute Gasteiger partial charge is 0.0892 e. The van der Waals surface area contributed by atoms with E-state index in [1.165, 1.54) is 0 Å². The van der Waals surface area contributed by atoms with Crippen LogP contribution in [0.5, 0.6) is 0 Å². The molecule has 0 N–H and O–H groups in total. The molecule has 0 fully saturated rings. The minimum Gasteiger partial charge on any atom is -0.255 e. The van der Waals surface area contributed by atoms with E-state index in [9.17, 15) is 0 Å². The summed E-state index contributed by atoms with van der Waals surface area (Å²) in [7, 11) is 0. The molecule has 0 aliphatic heterocycles. The van der Waals surface area contributed by atoms with Gasteiger partial charge in [-0.3, -0.25) is 9.97 Å². The third-order valence-corrected chi connectivity index (χ3v) is 2.53. The van der Waals surface area contributed by atoms with Crippen LogP contribution in [0.25, 0.3) is 23.0 Å². The molecule has 2 nitrogen and oxygen atoms in total. The molecule has 17 heavy (non-hydrogen) atoms. The van der Waals surface area contributed by atoms with Crippen molar-refractivity contribution in [2.75, 3.05) is 0 Å². The molecular formula is C15H14N2. The molecule has 84 valence electrons. The van der Waals surface area contributed by atoms with Gasteiger partial charge in [-0.2, -0.15) is 0 Å². The summed E-state index contributed by atoms with van der Waals surface area (Å²) in [5.41, 5.74) is 4.85. The highest BCUT2D eigenvalue weighted by Gasteiger charge is 2.03. The number of aromatic nitrogens is 2. The number of hydrogen-bond acceptors (Lipinski definition) is 2. The average Bonchev–Trinajstić information content (AvgIpc) is 2.39. The Morgan fingerprint density at radius 2 is 1.76 bits per heavy atom. The van der Waals surface area contributed by atoms with Gasteiger partial charge in [-0.15, -0.1) is 0 Å². The second-order valence-electron chi connectivity index (χ2n) is 3.89. The summed E-state index contributed by atoms with van der Waals surface area (Å²) in [5, 5.41) is 0. The maximum atomic E-state index is 4.33. The van der Waals surface area contributed by atoms with Gasteiger partial charge < -0.3 is 0 Å². The van der Waals surface area contributed by atoms with Crippen molar-refractivity contribution in [1.29, 1.82) is 0 Å². The molecule has 0 aliphatic carbocycles. The molecule has 0 saturated heterocycles. The molecule has 2 heteroatoms. The van der Waals surface area contributed by atoms with Gasteiger partial charge in [-0.05, 0) is 42.3 Å². The Hall–Kier alpha value is -2.22. The fraction of sp³-hybridized carbons (Fsp3) is 0.0667. The third kappa shape index (κ3) is 2.48. The van der Waals surface area contributed by atoms with E-state index in [1.54, 1.807) is 18.5 Å². The van der Waals surface area contributed by atoms with Crippen molar-refractivity contribution in [3.05, 3.63) is 60.9 Å².